The van der Waals surface area contributed by atoms with Crippen LogP contribution in [0.1, 0.15) is 30.9 Å². The van der Waals surface area contributed by atoms with Gasteiger partial charge in [-0.15, -0.1) is 0 Å². The zero-order chi connectivity index (χ0) is 13.9. The van der Waals surface area contributed by atoms with E-state index < -0.39 is 0 Å². The first-order valence-corrected chi connectivity index (χ1v) is 7.74. The van der Waals surface area contributed by atoms with E-state index in [-0.39, 0.29) is 0 Å². The van der Waals surface area contributed by atoms with E-state index in [1.165, 1.54) is 24.8 Å². The second kappa shape index (κ2) is 6.15. The molecule has 0 aliphatic heterocycles. The lowest BCUT2D eigenvalue weighted by atomic mass is 9.96. The van der Waals surface area contributed by atoms with Crippen molar-refractivity contribution in [3.63, 3.8) is 0 Å². The third kappa shape index (κ3) is 2.57. The molecule has 2 fully saturated rings. The number of ether oxygens (including phenoxy) is 2. The number of methoxy groups -OCH3 is 1. The van der Waals surface area contributed by atoms with Crippen molar-refractivity contribution in [2.45, 2.75) is 25.3 Å². The lowest BCUT2D eigenvalue weighted by molar-refractivity contribution is 0.145. The molecule has 1 aromatic rings. The lowest BCUT2D eigenvalue weighted by Gasteiger charge is -2.22. The van der Waals surface area contributed by atoms with Gasteiger partial charge in [-0.3, -0.25) is 0 Å². The molecule has 0 radical (unpaired) electrons. The molecule has 3 rings (SSSR count). The minimum Gasteiger partial charge on any atom is -0.491 e. The van der Waals surface area contributed by atoms with Crippen molar-refractivity contribution >= 4 is 0 Å². The van der Waals surface area contributed by atoms with Crippen molar-refractivity contribution in [1.29, 1.82) is 0 Å². The van der Waals surface area contributed by atoms with Crippen molar-refractivity contribution in [2.24, 2.45) is 17.8 Å². The number of hydrogen-bond donors (Lipinski definition) is 1. The van der Waals surface area contributed by atoms with E-state index in [0.29, 0.717) is 19.3 Å². The van der Waals surface area contributed by atoms with Gasteiger partial charge < -0.3 is 14.8 Å². The van der Waals surface area contributed by atoms with Gasteiger partial charge in [0.1, 0.15) is 12.4 Å². The van der Waals surface area contributed by atoms with E-state index in [1.54, 1.807) is 7.11 Å². The van der Waals surface area contributed by atoms with Gasteiger partial charge in [0.15, 0.2) is 0 Å². The van der Waals surface area contributed by atoms with Crippen LogP contribution >= 0.6 is 0 Å². The Hall–Kier alpha value is -1.06. The normalized spacial score (nSPS) is 29.0. The van der Waals surface area contributed by atoms with Crippen molar-refractivity contribution < 1.29 is 9.47 Å². The van der Waals surface area contributed by atoms with Crippen molar-refractivity contribution in [1.82, 2.24) is 5.32 Å². The van der Waals surface area contributed by atoms with E-state index in [0.717, 1.165) is 23.5 Å². The van der Waals surface area contributed by atoms with Gasteiger partial charge in [0, 0.05) is 18.7 Å². The molecular formula is C17H25NO2. The molecule has 2 saturated carbocycles. The first-order valence-electron chi connectivity index (χ1n) is 7.74. The van der Waals surface area contributed by atoms with E-state index in [1.807, 2.05) is 6.07 Å². The second-order valence-corrected chi connectivity index (χ2v) is 5.98. The summed E-state index contributed by atoms with van der Waals surface area (Å²) in [6.07, 6.45) is 4.26. The summed E-state index contributed by atoms with van der Waals surface area (Å²) in [5.41, 5.74) is 1.31. The maximum Gasteiger partial charge on any atom is 0.124 e. The lowest BCUT2D eigenvalue weighted by Crippen LogP contribution is -2.21. The maximum absolute atomic E-state index is 5.90. The summed E-state index contributed by atoms with van der Waals surface area (Å²) in [6.45, 7) is 1.24. The first kappa shape index (κ1) is 13.9. The molecule has 0 spiro atoms. The van der Waals surface area contributed by atoms with Gasteiger partial charge in [-0.05, 0) is 43.7 Å². The van der Waals surface area contributed by atoms with Gasteiger partial charge in [0.05, 0.1) is 6.61 Å². The van der Waals surface area contributed by atoms with Crippen LogP contribution in [0.5, 0.6) is 5.75 Å². The van der Waals surface area contributed by atoms with Crippen LogP contribution in [-0.2, 0) is 4.74 Å². The molecule has 3 nitrogen and oxygen atoms in total. The fraction of sp³-hybridized carbons (Fsp3) is 0.647. The van der Waals surface area contributed by atoms with Crippen LogP contribution in [0.15, 0.2) is 24.3 Å². The number of nitrogens with one attached hydrogen (secondary N) is 1. The van der Waals surface area contributed by atoms with Crippen molar-refractivity contribution in [2.75, 3.05) is 27.4 Å². The Labute approximate surface area is 121 Å². The topological polar surface area (TPSA) is 30.5 Å². The highest BCUT2D eigenvalue weighted by Crippen LogP contribution is 2.62. The van der Waals surface area contributed by atoms with Gasteiger partial charge >= 0.3 is 0 Å². The predicted molar refractivity (Wildman–Crippen MR) is 79.9 cm³/mol. The van der Waals surface area contributed by atoms with E-state index >= 15 is 0 Å². The number of para-hydroxylation sites is 1. The largest absolute Gasteiger partial charge is 0.491 e. The molecular weight excluding hydrogens is 250 g/mol. The molecule has 110 valence electrons. The maximum atomic E-state index is 5.90. The minimum absolute atomic E-state index is 0.434. The summed E-state index contributed by atoms with van der Waals surface area (Å²) in [7, 11) is 3.78. The monoisotopic (exact) mass is 275 g/mol. The minimum atomic E-state index is 0.434. The van der Waals surface area contributed by atoms with Crippen LogP contribution < -0.4 is 10.1 Å². The Morgan fingerprint density at radius 1 is 1.20 bits per heavy atom. The summed E-state index contributed by atoms with van der Waals surface area (Å²) in [6, 6.07) is 8.88. The fourth-order valence-corrected chi connectivity index (χ4v) is 4.03. The predicted octanol–water partition coefficient (Wildman–Crippen LogP) is 3.02. The molecule has 20 heavy (non-hydrogen) atoms. The molecule has 0 bridgehead atoms. The van der Waals surface area contributed by atoms with Gasteiger partial charge in [0.25, 0.3) is 0 Å². The van der Waals surface area contributed by atoms with Crippen LogP contribution in [0.3, 0.4) is 0 Å². The highest BCUT2D eigenvalue weighted by atomic mass is 16.5. The molecule has 0 amide bonds. The zero-order valence-corrected chi connectivity index (χ0v) is 12.5. The molecule has 1 N–H and O–H groups in total. The molecule has 3 atom stereocenters. The molecule has 1 aromatic carbocycles. The van der Waals surface area contributed by atoms with Crippen LogP contribution in [0.4, 0.5) is 0 Å². The van der Waals surface area contributed by atoms with Crippen LogP contribution in [0.2, 0.25) is 0 Å². The summed E-state index contributed by atoms with van der Waals surface area (Å²) in [5, 5.41) is 3.53. The van der Waals surface area contributed by atoms with Gasteiger partial charge in [0.2, 0.25) is 0 Å². The van der Waals surface area contributed by atoms with Crippen molar-refractivity contribution in [3.05, 3.63) is 29.8 Å². The summed E-state index contributed by atoms with van der Waals surface area (Å²) >= 11 is 0. The number of hydrogen-bond acceptors (Lipinski definition) is 3. The highest BCUT2D eigenvalue weighted by molar-refractivity contribution is 5.37. The Kier molecular flexibility index (Phi) is 4.27. The molecule has 0 heterocycles. The van der Waals surface area contributed by atoms with Crippen LogP contribution in [0.25, 0.3) is 0 Å². The Balaban J connectivity index is 1.74. The van der Waals surface area contributed by atoms with Crippen LogP contribution in [-0.4, -0.2) is 27.4 Å². The second-order valence-electron chi connectivity index (χ2n) is 5.98. The quantitative estimate of drug-likeness (QED) is 0.776. The third-order valence-corrected chi connectivity index (χ3v) is 4.97. The highest BCUT2D eigenvalue weighted by Gasteiger charge is 2.56. The average molecular weight is 275 g/mol. The molecule has 2 aliphatic rings. The van der Waals surface area contributed by atoms with Crippen molar-refractivity contribution in [3.8, 4) is 5.75 Å². The summed E-state index contributed by atoms with van der Waals surface area (Å²) in [4.78, 5) is 0. The zero-order valence-electron chi connectivity index (χ0n) is 12.5. The SMILES string of the molecule is CNC(c1ccccc1OCCOC)C1C2CCCC21. The van der Waals surface area contributed by atoms with E-state index in [2.05, 4.69) is 30.6 Å². The molecule has 0 aromatic heterocycles. The molecule has 3 unspecified atom stereocenters. The van der Waals surface area contributed by atoms with Crippen LogP contribution in [0, 0.1) is 17.8 Å². The third-order valence-electron chi connectivity index (χ3n) is 4.97. The Morgan fingerprint density at radius 3 is 2.65 bits per heavy atom. The van der Waals surface area contributed by atoms with E-state index in [4.69, 9.17) is 9.47 Å². The summed E-state index contributed by atoms with van der Waals surface area (Å²) < 4.78 is 11.0. The average Bonchev–Trinajstić information content (AvgIpc) is 2.94. The molecule has 0 saturated heterocycles. The standard InChI is InChI=1S/C17H25NO2/c1-18-17(16-12-7-5-8-13(12)16)14-6-3-4-9-15(14)20-11-10-19-2/h3-4,6,9,12-13,16-18H,5,7-8,10-11H2,1-2H3. The Morgan fingerprint density at radius 2 is 1.95 bits per heavy atom. The number of benzene rings is 1. The summed E-state index contributed by atoms with van der Waals surface area (Å²) in [5.74, 6) is 3.70. The first-order chi connectivity index (χ1) is 9.86. The number of fused-ring (bicyclic) bond motifs is 1. The van der Waals surface area contributed by atoms with Gasteiger partial charge in [-0.2, -0.15) is 0 Å². The van der Waals surface area contributed by atoms with E-state index in [9.17, 15) is 0 Å². The van der Waals surface area contributed by atoms with Gasteiger partial charge in [-0.1, -0.05) is 24.6 Å². The van der Waals surface area contributed by atoms with Gasteiger partial charge in [-0.25, -0.2) is 0 Å². The Bertz CT molecular complexity index is 438. The molecule has 2 aliphatic carbocycles. The number of rotatable bonds is 7. The molecule has 3 heteroatoms. The smallest absolute Gasteiger partial charge is 0.124 e. The fourth-order valence-electron chi connectivity index (χ4n) is 4.03.